The maximum Gasteiger partial charge on any atom is 0.453 e. The maximum absolute atomic E-state index is 5.56. The highest BCUT2D eigenvalue weighted by molar-refractivity contribution is 6.48. The lowest BCUT2D eigenvalue weighted by Crippen LogP contribution is -2.14. The Hall–Kier alpha value is 0.452. The Morgan fingerprint density at radius 3 is 2.91 bits per heavy atom. The van der Waals surface area contributed by atoms with E-state index in [-0.39, 0.29) is 0 Å². The molecule has 0 aromatic heterocycles. The van der Waals surface area contributed by atoms with Crippen LogP contribution in [0.1, 0.15) is 19.3 Å². The average molecular weight is 172 g/mol. The highest BCUT2D eigenvalue weighted by Gasteiger charge is 2.15. The number of hydrogen-bond donors (Lipinski definition) is 0. The summed E-state index contributed by atoms with van der Waals surface area (Å²) >= 11 is -0.787. The molecular weight excluding hydrogens is 155 g/mol. The van der Waals surface area contributed by atoms with Crippen LogP contribution in [0.15, 0.2) is 0 Å². The molecule has 0 aromatic rings. The molecule has 1 aliphatic heterocycles. The van der Waals surface area contributed by atoms with E-state index in [0.29, 0.717) is 6.10 Å². The van der Waals surface area contributed by atoms with Crippen LogP contribution >= 0.6 is 0 Å². The highest BCUT2D eigenvalue weighted by Crippen LogP contribution is 2.14. The van der Waals surface area contributed by atoms with Crippen molar-refractivity contribution in [2.45, 2.75) is 36.9 Å². The molecule has 1 rings (SSSR count). The topological polar surface area (TPSA) is 18.5 Å². The molecule has 0 radical (unpaired) electrons. The lowest BCUT2D eigenvalue weighted by molar-refractivity contribution is 0.0903. The number of rotatable bonds is 4. The summed E-state index contributed by atoms with van der Waals surface area (Å²) in [4.78, 5) is 0. The van der Waals surface area contributed by atoms with Gasteiger partial charge in [0.15, 0.2) is 0 Å². The van der Waals surface area contributed by atoms with Crippen molar-refractivity contribution in [3.05, 3.63) is 0 Å². The van der Waals surface area contributed by atoms with Crippen molar-refractivity contribution in [1.29, 1.82) is 0 Å². The third-order valence-electron chi connectivity index (χ3n) is 1.92. The third-order valence-corrected chi connectivity index (χ3v) is 2.82. The van der Waals surface area contributed by atoms with Crippen molar-refractivity contribution in [3.63, 3.8) is 0 Å². The Morgan fingerprint density at radius 1 is 1.55 bits per heavy atom. The Balaban J connectivity index is 1.94. The monoisotopic (exact) mass is 172 g/mol. The second-order valence-electron chi connectivity index (χ2n) is 3.34. The normalized spacial score (nSPS) is 24.0. The van der Waals surface area contributed by atoms with E-state index in [1.54, 1.807) is 0 Å². The molecule has 0 aromatic carbocycles. The first-order chi connectivity index (χ1) is 5.29. The number of hydrogen-bond acceptors (Lipinski definition) is 2. The quantitative estimate of drug-likeness (QED) is 0.602. The molecule has 3 heteroatoms. The molecule has 1 unspecified atom stereocenters. The van der Waals surface area contributed by atoms with Crippen LogP contribution in [0.4, 0.5) is 0 Å². The molecule has 0 bridgehead atoms. The van der Waals surface area contributed by atoms with Crippen LogP contribution in [0.25, 0.3) is 0 Å². The lowest BCUT2D eigenvalue weighted by atomic mass is 10.2. The second kappa shape index (κ2) is 5.16. The molecular formula is C8H17AlO2. The smallest absolute Gasteiger partial charge is 0.453 e. The van der Waals surface area contributed by atoms with Crippen LogP contribution < -0.4 is 0 Å². The van der Waals surface area contributed by atoms with Crippen molar-refractivity contribution in [3.8, 4) is 0 Å². The van der Waals surface area contributed by atoms with Crippen molar-refractivity contribution in [2.75, 3.05) is 13.2 Å². The summed E-state index contributed by atoms with van der Waals surface area (Å²) < 4.78 is 11.0. The maximum atomic E-state index is 5.56. The van der Waals surface area contributed by atoms with Crippen LogP contribution in [0.3, 0.4) is 0 Å². The van der Waals surface area contributed by atoms with Crippen LogP contribution in [0, 0.1) is 0 Å². The molecule has 1 heterocycles. The highest BCUT2D eigenvalue weighted by atomic mass is 27.2. The SMILES string of the molecule is [CH3][Al]([CH3])[O]CCC1CCCO1. The van der Waals surface area contributed by atoms with E-state index in [1.807, 2.05) is 0 Å². The fourth-order valence-electron chi connectivity index (χ4n) is 1.31. The summed E-state index contributed by atoms with van der Waals surface area (Å²) in [6.07, 6.45) is 4.08. The summed E-state index contributed by atoms with van der Waals surface area (Å²) in [5.41, 5.74) is 0. The minimum Gasteiger partial charge on any atom is -0.501 e. The molecule has 0 saturated carbocycles. The van der Waals surface area contributed by atoms with E-state index in [2.05, 4.69) is 11.6 Å². The average Bonchev–Trinajstić information content (AvgIpc) is 2.39. The molecule has 64 valence electrons. The van der Waals surface area contributed by atoms with E-state index in [9.17, 15) is 0 Å². The van der Waals surface area contributed by atoms with Gasteiger partial charge in [-0.1, -0.05) is 11.6 Å². The minimum absolute atomic E-state index is 0.503. The zero-order chi connectivity index (χ0) is 8.10. The largest absolute Gasteiger partial charge is 0.501 e. The molecule has 1 saturated heterocycles. The molecule has 1 aliphatic rings. The van der Waals surface area contributed by atoms with Gasteiger partial charge >= 0.3 is 14.5 Å². The first-order valence-electron chi connectivity index (χ1n) is 4.52. The van der Waals surface area contributed by atoms with Gasteiger partial charge in [-0.05, 0) is 19.3 Å². The van der Waals surface area contributed by atoms with E-state index in [4.69, 9.17) is 8.53 Å². The Morgan fingerprint density at radius 2 is 2.36 bits per heavy atom. The fraction of sp³-hybridized carbons (Fsp3) is 1.00. The van der Waals surface area contributed by atoms with Crippen molar-refractivity contribution >= 4 is 14.5 Å². The summed E-state index contributed by atoms with van der Waals surface area (Å²) in [5.74, 6) is 4.41. The first kappa shape index (κ1) is 9.54. The van der Waals surface area contributed by atoms with Crippen LogP contribution in [-0.2, 0) is 8.53 Å². The molecule has 2 nitrogen and oxygen atoms in total. The van der Waals surface area contributed by atoms with E-state index in [1.165, 1.54) is 12.8 Å². The zero-order valence-electron chi connectivity index (χ0n) is 7.51. The fourth-order valence-corrected chi connectivity index (χ4v) is 1.91. The molecule has 0 aliphatic carbocycles. The standard InChI is InChI=1S/C6H11O2.2CH3.Al/c7-4-3-6-2-1-5-8-6;;;/h6H,1-5H2;2*1H3;/q-1;;;+1. The lowest BCUT2D eigenvalue weighted by Gasteiger charge is -2.10. The van der Waals surface area contributed by atoms with Crippen LogP contribution in [0.5, 0.6) is 0 Å². The summed E-state index contributed by atoms with van der Waals surface area (Å²) in [6, 6.07) is 0. The Labute approximate surface area is 73.6 Å². The summed E-state index contributed by atoms with van der Waals surface area (Å²) in [7, 11) is 0. The molecule has 1 atom stereocenters. The van der Waals surface area contributed by atoms with Crippen LogP contribution in [0.2, 0.25) is 11.6 Å². The van der Waals surface area contributed by atoms with E-state index in [0.717, 1.165) is 19.6 Å². The van der Waals surface area contributed by atoms with Gasteiger partial charge in [-0.25, -0.2) is 0 Å². The van der Waals surface area contributed by atoms with E-state index >= 15 is 0 Å². The second-order valence-corrected chi connectivity index (χ2v) is 5.77. The predicted octanol–water partition coefficient (Wildman–Crippen LogP) is 1.82. The molecule has 0 spiro atoms. The van der Waals surface area contributed by atoms with Gasteiger partial charge in [0.2, 0.25) is 0 Å². The molecule has 1 fully saturated rings. The Kier molecular flexibility index (Phi) is 4.48. The molecule has 0 N–H and O–H groups in total. The van der Waals surface area contributed by atoms with Crippen LogP contribution in [-0.4, -0.2) is 33.8 Å². The van der Waals surface area contributed by atoms with Gasteiger partial charge in [0, 0.05) is 13.2 Å². The van der Waals surface area contributed by atoms with Gasteiger partial charge in [-0.2, -0.15) is 0 Å². The van der Waals surface area contributed by atoms with Gasteiger partial charge in [0.05, 0.1) is 6.10 Å². The predicted molar refractivity (Wildman–Crippen MR) is 47.0 cm³/mol. The van der Waals surface area contributed by atoms with Crippen molar-refractivity contribution < 1.29 is 8.53 Å². The summed E-state index contributed by atoms with van der Waals surface area (Å²) in [5, 5.41) is 0. The van der Waals surface area contributed by atoms with Gasteiger partial charge in [-0.15, -0.1) is 0 Å². The Bertz CT molecular complexity index is 100. The van der Waals surface area contributed by atoms with E-state index < -0.39 is 14.5 Å². The van der Waals surface area contributed by atoms with Crippen molar-refractivity contribution in [1.82, 2.24) is 0 Å². The molecule has 11 heavy (non-hydrogen) atoms. The minimum atomic E-state index is -0.787. The van der Waals surface area contributed by atoms with Crippen molar-refractivity contribution in [2.24, 2.45) is 0 Å². The van der Waals surface area contributed by atoms with Gasteiger partial charge in [0.25, 0.3) is 0 Å². The first-order valence-corrected chi connectivity index (χ1v) is 7.30. The third kappa shape index (κ3) is 4.13. The molecule has 0 amide bonds. The van der Waals surface area contributed by atoms with Gasteiger partial charge < -0.3 is 8.53 Å². The number of ether oxygens (including phenoxy) is 1. The van der Waals surface area contributed by atoms with Gasteiger partial charge in [0.1, 0.15) is 0 Å². The summed E-state index contributed by atoms with van der Waals surface area (Å²) in [6.45, 7) is 1.87. The van der Waals surface area contributed by atoms with Gasteiger partial charge in [-0.3, -0.25) is 0 Å². The zero-order valence-corrected chi connectivity index (χ0v) is 8.66.